The monoisotopic (exact) mass is 343 g/mol. The van der Waals surface area contributed by atoms with Crippen molar-refractivity contribution in [3.8, 4) is 0 Å². The van der Waals surface area contributed by atoms with E-state index in [9.17, 15) is 14.4 Å². The number of carbonyl (C=O) groups excluding carboxylic acids is 3. The van der Waals surface area contributed by atoms with Crippen molar-refractivity contribution in [2.45, 2.75) is 6.61 Å². The highest BCUT2D eigenvalue weighted by Crippen LogP contribution is 2.29. The van der Waals surface area contributed by atoms with Crippen LogP contribution in [0.2, 0.25) is 0 Å². The van der Waals surface area contributed by atoms with Crippen LogP contribution in [-0.4, -0.2) is 22.5 Å². The Balaban J connectivity index is 1.70. The molecule has 0 saturated heterocycles. The van der Waals surface area contributed by atoms with Crippen LogP contribution in [0.25, 0.3) is 0 Å². The summed E-state index contributed by atoms with van der Waals surface area (Å²) in [6.45, 7) is -0.0118. The predicted octanol–water partition coefficient (Wildman–Crippen LogP) is 3.21. The van der Waals surface area contributed by atoms with Crippen LogP contribution in [0.4, 0.5) is 0 Å². The van der Waals surface area contributed by atoms with Crippen LogP contribution < -0.4 is 0 Å². The molecule has 5 heteroatoms. The molecule has 0 N–H and O–H groups in total. The van der Waals surface area contributed by atoms with Gasteiger partial charge in [0.05, 0.1) is 11.3 Å². The molecule has 0 amide bonds. The third kappa shape index (κ3) is 2.59. The van der Waals surface area contributed by atoms with E-state index in [4.69, 9.17) is 4.74 Å². The Bertz CT molecular complexity index is 1040. The van der Waals surface area contributed by atoms with Gasteiger partial charge in [0.15, 0.2) is 11.6 Å². The lowest BCUT2D eigenvalue weighted by molar-refractivity contribution is 0.0465. The van der Waals surface area contributed by atoms with Crippen LogP contribution in [0.15, 0.2) is 66.9 Å². The van der Waals surface area contributed by atoms with Crippen LogP contribution in [0.1, 0.15) is 47.9 Å². The number of rotatable bonds is 3. The van der Waals surface area contributed by atoms with Gasteiger partial charge in [-0.3, -0.25) is 14.6 Å². The van der Waals surface area contributed by atoms with Gasteiger partial charge in [-0.25, -0.2) is 4.79 Å². The van der Waals surface area contributed by atoms with E-state index in [1.807, 2.05) is 0 Å². The maximum Gasteiger partial charge on any atom is 0.339 e. The van der Waals surface area contributed by atoms with Gasteiger partial charge < -0.3 is 4.74 Å². The Morgan fingerprint density at radius 3 is 2.23 bits per heavy atom. The molecule has 0 bridgehead atoms. The normalized spacial score (nSPS) is 12.3. The van der Waals surface area contributed by atoms with Gasteiger partial charge in [0, 0.05) is 28.5 Å². The number of esters is 1. The van der Waals surface area contributed by atoms with Crippen LogP contribution in [-0.2, 0) is 11.3 Å². The summed E-state index contributed by atoms with van der Waals surface area (Å²) in [4.78, 5) is 42.2. The van der Waals surface area contributed by atoms with Gasteiger partial charge in [-0.1, -0.05) is 42.5 Å². The minimum Gasteiger partial charge on any atom is -0.456 e. The van der Waals surface area contributed by atoms with Crippen LogP contribution in [0, 0.1) is 0 Å². The van der Waals surface area contributed by atoms with Crippen molar-refractivity contribution in [3.05, 3.63) is 100 Å². The van der Waals surface area contributed by atoms with E-state index in [1.54, 1.807) is 60.8 Å². The lowest BCUT2D eigenvalue weighted by atomic mass is 9.82. The number of hydrogen-bond donors (Lipinski definition) is 0. The number of ether oxygens (including phenoxy) is 1. The van der Waals surface area contributed by atoms with Crippen LogP contribution >= 0.6 is 0 Å². The molecule has 0 radical (unpaired) electrons. The molecule has 0 saturated carbocycles. The van der Waals surface area contributed by atoms with E-state index < -0.39 is 5.97 Å². The van der Waals surface area contributed by atoms with Gasteiger partial charge >= 0.3 is 5.97 Å². The molecule has 2 aromatic carbocycles. The molecule has 26 heavy (non-hydrogen) atoms. The molecule has 3 aromatic rings. The van der Waals surface area contributed by atoms with Crippen molar-refractivity contribution in [2.75, 3.05) is 0 Å². The molecule has 1 aliphatic rings. The summed E-state index contributed by atoms with van der Waals surface area (Å²) in [6.07, 6.45) is 1.60. The zero-order valence-corrected chi connectivity index (χ0v) is 13.6. The van der Waals surface area contributed by atoms with E-state index in [2.05, 4.69) is 4.98 Å². The predicted molar refractivity (Wildman–Crippen MR) is 93.1 cm³/mol. The van der Waals surface area contributed by atoms with Gasteiger partial charge in [-0.15, -0.1) is 0 Å². The second-order valence-corrected chi connectivity index (χ2v) is 5.83. The van der Waals surface area contributed by atoms with Crippen molar-refractivity contribution in [2.24, 2.45) is 0 Å². The lowest BCUT2D eigenvalue weighted by Gasteiger charge is -2.19. The fourth-order valence-corrected chi connectivity index (χ4v) is 3.02. The maximum atomic E-state index is 12.9. The largest absolute Gasteiger partial charge is 0.456 e. The van der Waals surface area contributed by atoms with E-state index in [0.29, 0.717) is 16.8 Å². The fraction of sp³-hybridized carbons (Fsp3) is 0.0476. The molecule has 1 aromatic heterocycles. The minimum atomic E-state index is -0.659. The summed E-state index contributed by atoms with van der Waals surface area (Å²) in [5.41, 5.74) is 1.66. The van der Waals surface area contributed by atoms with Gasteiger partial charge in [-0.2, -0.15) is 0 Å². The van der Waals surface area contributed by atoms with Crippen LogP contribution in [0.3, 0.4) is 0 Å². The van der Waals surface area contributed by atoms with Gasteiger partial charge in [0.25, 0.3) is 0 Å². The number of nitrogens with zero attached hydrogens (tertiary/aromatic N) is 1. The molecule has 0 fully saturated rings. The number of fused-ring (bicyclic) bond motifs is 2. The number of pyridine rings is 1. The third-order valence-electron chi connectivity index (χ3n) is 4.25. The van der Waals surface area contributed by atoms with Crippen molar-refractivity contribution >= 4 is 17.5 Å². The Morgan fingerprint density at radius 1 is 0.808 bits per heavy atom. The molecular weight excluding hydrogens is 330 g/mol. The lowest BCUT2D eigenvalue weighted by Crippen LogP contribution is -2.24. The molecule has 1 heterocycles. The first-order valence-corrected chi connectivity index (χ1v) is 8.05. The Morgan fingerprint density at radius 2 is 1.50 bits per heavy atom. The topological polar surface area (TPSA) is 73.3 Å². The van der Waals surface area contributed by atoms with Crippen molar-refractivity contribution in [1.29, 1.82) is 0 Å². The van der Waals surface area contributed by atoms with Crippen molar-refractivity contribution < 1.29 is 19.1 Å². The first-order chi connectivity index (χ1) is 12.7. The molecule has 1 aliphatic carbocycles. The highest BCUT2D eigenvalue weighted by Gasteiger charge is 2.33. The Hall–Kier alpha value is -3.60. The van der Waals surface area contributed by atoms with E-state index in [-0.39, 0.29) is 34.9 Å². The second-order valence-electron chi connectivity index (χ2n) is 5.83. The first kappa shape index (κ1) is 15.9. The quantitative estimate of drug-likeness (QED) is 0.534. The summed E-state index contributed by atoms with van der Waals surface area (Å²) in [7, 11) is 0. The summed E-state index contributed by atoms with van der Waals surface area (Å²) >= 11 is 0. The summed E-state index contributed by atoms with van der Waals surface area (Å²) in [5, 5.41) is 0. The fourth-order valence-electron chi connectivity index (χ4n) is 3.02. The maximum absolute atomic E-state index is 12.9. The number of hydrogen-bond acceptors (Lipinski definition) is 5. The highest BCUT2D eigenvalue weighted by atomic mass is 16.5. The molecule has 126 valence electrons. The molecule has 0 unspecified atom stereocenters. The number of ketones is 2. The van der Waals surface area contributed by atoms with E-state index in [0.717, 1.165) is 0 Å². The summed E-state index contributed by atoms with van der Waals surface area (Å²) < 4.78 is 5.29. The molecule has 0 spiro atoms. The zero-order valence-electron chi connectivity index (χ0n) is 13.6. The zero-order chi connectivity index (χ0) is 18.1. The number of aromatic nitrogens is 1. The molecular formula is C21H13NO4. The molecule has 4 rings (SSSR count). The molecule has 0 atom stereocenters. The van der Waals surface area contributed by atoms with Crippen molar-refractivity contribution in [3.63, 3.8) is 0 Å². The third-order valence-corrected chi connectivity index (χ3v) is 4.25. The highest BCUT2D eigenvalue weighted by molar-refractivity contribution is 6.30. The standard InChI is InChI=1S/C21H13NO4/c23-19-14-7-1-2-8-15(14)20(24)18-16(19)9-5-10-17(18)21(25)26-12-13-6-3-4-11-22-13/h1-11H,12H2. The summed E-state index contributed by atoms with van der Waals surface area (Å²) in [6, 6.07) is 16.5. The summed E-state index contributed by atoms with van der Waals surface area (Å²) in [5.74, 6) is -1.27. The second kappa shape index (κ2) is 6.37. The SMILES string of the molecule is O=C(OCc1ccccn1)c1cccc2c1C(=O)c1ccccc1C2=O. The first-order valence-electron chi connectivity index (χ1n) is 8.05. The van der Waals surface area contributed by atoms with E-state index >= 15 is 0 Å². The molecule has 5 nitrogen and oxygen atoms in total. The van der Waals surface area contributed by atoms with Gasteiger partial charge in [0.1, 0.15) is 6.61 Å². The smallest absolute Gasteiger partial charge is 0.339 e. The van der Waals surface area contributed by atoms with Crippen molar-refractivity contribution in [1.82, 2.24) is 4.98 Å². The molecule has 0 aliphatic heterocycles. The van der Waals surface area contributed by atoms with E-state index in [1.165, 1.54) is 6.07 Å². The average molecular weight is 343 g/mol. The average Bonchev–Trinajstić information content (AvgIpc) is 2.70. The van der Waals surface area contributed by atoms with Gasteiger partial charge in [-0.05, 0) is 18.2 Å². The number of carbonyl (C=O) groups is 3. The Labute approximate surface area is 149 Å². The Kier molecular flexibility index (Phi) is 3.89. The van der Waals surface area contributed by atoms with Crippen LogP contribution in [0.5, 0.6) is 0 Å². The van der Waals surface area contributed by atoms with Gasteiger partial charge in [0.2, 0.25) is 0 Å². The minimum absolute atomic E-state index is 0.0118. The number of benzene rings is 2.